The van der Waals surface area contributed by atoms with Gasteiger partial charge in [0.15, 0.2) is 11.5 Å². The minimum absolute atomic E-state index is 0.0541. The fourth-order valence-corrected chi connectivity index (χ4v) is 4.69. The predicted molar refractivity (Wildman–Crippen MR) is 96.1 cm³/mol. The maximum absolute atomic E-state index is 12.6. The summed E-state index contributed by atoms with van der Waals surface area (Å²) in [5, 5.41) is 0. The summed E-state index contributed by atoms with van der Waals surface area (Å²) < 4.78 is 42.6. The van der Waals surface area contributed by atoms with Crippen LogP contribution in [0, 0.1) is 0 Å². The van der Waals surface area contributed by atoms with Crippen LogP contribution < -0.4 is 9.47 Å². The van der Waals surface area contributed by atoms with Gasteiger partial charge in [-0.05, 0) is 48.7 Å². The predicted octanol–water partition coefficient (Wildman–Crippen LogP) is 2.56. The van der Waals surface area contributed by atoms with Crippen LogP contribution in [0.25, 0.3) is 0 Å². The molecule has 1 fully saturated rings. The number of fused-ring (bicyclic) bond motifs is 1. The van der Waals surface area contributed by atoms with Crippen molar-refractivity contribution in [2.45, 2.75) is 24.3 Å². The van der Waals surface area contributed by atoms with Crippen LogP contribution in [0.5, 0.6) is 11.5 Å². The van der Waals surface area contributed by atoms with Gasteiger partial charge < -0.3 is 14.2 Å². The molecule has 7 nitrogen and oxygen atoms in total. The van der Waals surface area contributed by atoms with Gasteiger partial charge in [0.05, 0.1) is 10.5 Å². The average Bonchev–Trinajstić information content (AvgIpc) is 3.37. The molecule has 142 valence electrons. The SMILES string of the molecule is O=C(OCc1ccc2c(c1)OCO2)c1cccc(S(=O)(=O)N2CCCC2)c1. The second-order valence-electron chi connectivity index (χ2n) is 6.40. The fraction of sp³-hybridized carbons (Fsp3) is 0.316. The standard InChI is InChI=1S/C19H19NO6S/c21-19(24-12-14-6-7-17-18(10-14)26-13-25-17)15-4-3-5-16(11-15)27(22,23)20-8-1-2-9-20/h3-7,10-11H,1-2,8-9,12-13H2. The molecule has 0 bridgehead atoms. The molecule has 0 amide bonds. The number of esters is 1. The van der Waals surface area contributed by atoms with Gasteiger partial charge in [-0.2, -0.15) is 4.31 Å². The summed E-state index contributed by atoms with van der Waals surface area (Å²) in [6.45, 7) is 1.26. The lowest BCUT2D eigenvalue weighted by Crippen LogP contribution is -2.28. The highest BCUT2D eigenvalue weighted by Crippen LogP contribution is 2.32. The third-order valence-corrected chi connectivity index (χ3v) is 6.47. The van der Waals surface area contributed by atoms with Crippen LogP contribution in [-0.2, 0) is 21.4 Å². The molecule has 0 aromatic heterocycles. The van der Waals surface area contributed by atoms with Gasteiger partial charge >= 0.3 is 5.97 Å². The molecule has 2 aromatic rings. The molecular formula is C19H19NO6S. The largest absolute Gasteiger partial charge is 0.457 e. The van der Waals surface area contributed by atoms with Crippen molar-refractivity contribution < 1.29 is 27.4 Å². The number of rotatable bonds is 5. The highest BCUT2D eigenvalue weighted by atomic mass is 32.2. The highest BCUT2D eigenvalue weighted by Gasteiger charge is 2.27. The Morgan fingerprint density at radius 3 is 2.63 bits per heavy atom. The lowest BCUT2D eigenvalue weighted by Gasteiger charge is -2.15. The van der Waals surface area contributed by atoms with E-state index in [-0.39, 0.29) is 23.9 Å². The van der Waals surface area contributed by atoms with E-state index in [0.717, 1.165) is 18.4 Å². The Hall–Kier alpha value is -2.58. The van der Waals surface area contributed by atoms with Crippen molar-refractivity contribution in [3.63, 3.8) is 0 Å². The Morgan fingerprint density at radius 1 is 1.04 bits per heavy atom. The maximum Gasteiger partial charge on any atom is 0.338 e. The molecule has 0 radical (unpaired) electrons. The van der Waals surface area contributed by atoms with Gasteiger partial charge in [0, 0.05) is 13.1 Å². The van der Waals surface area contributed by atoms with Gasteiger partial charge in [0.2, 0.25) is 16.8 Å². The first-order valence-corrected chi connectivity index (χ1v) is 10.1. The van der Waals surface area contributed by atoms with Crippen molar-refractivity contribution in [3.05, 3.63) is 53.6 Å². The molecule has 2 heterocycles. The quantitative estimate of drug-likeness (QED) is 0.731. The van der Waals surface area contributed by atoms with Crippen LogP contribution in [-0.4, -0.2) is 38.6 Å². The van der Waals surface area contributed by atoms with Crippen molar-refractivity contribution in [2.24, 2.45) is 0 Å². The summed E-state index contributed by atoms with van der Waals surface area (Å²) in [5.41, 5.74) is 0.962. The first-order valence-electron chi connectivity index (χ1n) is 8.70. The van der Waals surface area contributed by atoms with Crippen LogP contribution >= 0.6 is 0 Å². The van der Waals surface area contributed by atoms with E-state index in [2.05, 4.69) is 0 Å². The normalized spacial score (nSPS) is 16.4. The van der Waals surface area contributed by atoms with Crippen LogP contribution in [0.1, 0.15) is 28.8 Å². The van der Waals surface area contributed by atoms with E-state index in [1.807, 2.05) is 0 Å². The lowest BCUT2D eigenvalue weighted by atomic mass is 10.2. The monoisotopic (exact) mass is 389 g/mol. The van der Waals surface area contributed by atoms with Crippen LogP contribution in [0.3, 0.4) is 0 Å². The number of hydrogen-bond donors (Lipinski definition) is 0. The molecular weight excluding hydrogens is 370 g/mol. The third-order valence-electron chi connectivity index (χ3n) is 4.58. The molecule has 2 aromatic carbocycles. The molecule has 27 heavy (non-hydrogen) atoms. The number of carbonyl (C=O) groups excluding carboxylic acids is 1. The molecule has 0 spiro atoms. The fourth-order valence-electron chi connectivity index (χ4n) is 3.12. The third kappa shape index (κ3) is 3.63. The molecule has 0 atom stereocenters. The zero-order valence-electron chi connectivity index (χ0n) is 14.6. The summed E-state index contributed by atoms with van der Waals surface area (Å²) in [7, 11) is -3.57. The second-order valence-corrected chi connectivity index (χ2v) is 8.34. The Bertz CT molecular complexity index is 966. The maximum atomic E-state index is 12.6. The molecule has 0 saturated carbocycles. The van der Waals surface area contributed by atoms with E-state index in [1.165, 1.54) is 16.4 Å². The summed E-state index contributed by atoms with van der Waals surface area (Å²) in [6.07, 6.45) is 1.72. The van der Waals surface area contributed by atoms with Crippen LogP contribution in [0.4, 0.5) is 0 Å². The van der Waals surface area contributed by atoms with E-state index < -0.39 is 16.0 Å². The molecule has 2 aliphatic heterocycles. The van der Waals surface area contributed by atoms with Crippen LogP contribution in [0.2, 0.25) is 0 Å². The van der Waals surface area contributed by atoms with Crippen molar-refractivity contribution >= 4 is 16.0 Å². The van der Waals surface area contributed by atoms with Crippen LogP contribution in [0.15, 0.2) is 47.4 Å². The summed E-state index contributed by atoms with van der Waals surface area (Å²) in [5.74, 6) is 0.693. The molecule has 0 N–H and O–H groups in total. The first kappa shape index (κ1) is 17.8. The Kier molecular flexibility index (Phi) is 4.75. The minimum atomic E-state index is -3.57. The molecule has 8 heteroatoms. The summed E-state index contributed by atoms with van der Waals surface area (Å²) in [4.78, 5) is 12.5. The zero-order chi connectivity index (χ0) is 18.9. The first-order chi connectivity index (χ1) is 13.0. The van der Waals surface area contributed by atoms with Gasteiger partial charge in [-0.15, -0.1) is 0 Å². The van der Waals surface area contributed by atoms with Gasteiger partial charge in [-0.3, -0.25) is 0 Å². The van der Waals surface area contributed by atoms with E-state index in [1.54, 1.807) is 30.3 Å². The van der Waals surface area contributed by atoms with Crippen molar-refractivity contribution in [1.82, 2.24) is 4.31 Å². The molecule has 1 saturated heterocycles. The van der Waals surface area contributed by atoms with E-state index in [0.29, 0.717) is 24.6 Å². The van der Waals surface area contributed by atoms with E-state index in [9.17, 15) is 13.2 Å². The van der Waals surface area contributed by atoms with E-state index >= 15 is 0 Å². The smallest absolute Gasteiger partial charge is 0.338 e. The van der Waals surface area contributed by atoms with Gasteiger partial charge in [0.25, 0.3) is 0 Å². The second kappa shape index (κ2) is 7.21. The van der Waals surface area contributed by atoms with Crippen molar-refractivity contribution in [1.29, 1.82) is 0 Å². The zero-order valence-corrected chi connectivity index (χ0v) is 15.4. The number of hydrogen-bond acceptors (Lipinski definition) is 6. The topological polar surface area (TPSA) is 82.1 Å². The average molecular weight is 389 g/mol. The number of ether oxygens (including phenoxy) is 3. The van der Waals surface area contributed by atoms with Crippen molar-refractivity contribution in [3.8, 4) is 11.5 Å². The van der Waals surface area contributed by atoms with E-state index in [4.69, 9.17) is 14.2 Å². The number of sulfonamides is 1. The lowest BCUT2D eigenvalue weighted by molar-refractivity contribution is 0.0472. The summed E-state index contributed by atoms with van der Waals surface area (Å²) >= 11 is 0. The number of benzene rings is 2. The molecule has 2 aliphatic rings. The molecule has 0 unspecified atom stereocenters. The van der Waals surface area contributed by atoms with Gasteiger partial charge in [-0.1, -0.05) is 12.1 Å². The highest BCUT2D eigenvalue weighted by molar-refractivity contribution is 7.89. The number of carbonyl (C=O) groups is 1. The summed E-state index contributed by atoms with van der Waals surface area (Å²) in [6, 6.07) is 11.3. The number of nitrogens with zero attached hydrogens (tertiary/aromatic N) is 1. The van der Waals surface area contributed by atoms with Gasteiger partial charge in [-0.25, -0.2) is 13.2 Å². The molecule has 0 aliphatic carbocycles. The van der Waals surface area contributed by atoms with Crippen molar-refractivity contribution in [2.75, 3.05) is 19.9 Å². The van der Waals surface area contributed by atoms with Gasteiger partial charge in [0.1, 0.15) is 6.61 Å². The molecule has 4 rings (SSSR count). The Balaban J connectivity index is 1.46. The minimum Gasteiger partial charge on any atom is -0.457 e. The Labute approximate surface area is 157 Å². The Morgan fingerprint density at radius 2 is 1.81 bits per heavy atom.